The average Bonchev–Trinajstić information content (AvgIpc) is 3.18. The Balaban J connectivity index is 1.56. The largest absolute Gasteiger partial charge is 0.454 e. The van der Waals surface area contributed by atoms with Gasteiger partial charge in [0.15, 0.2) is 17.2 Å². The zero-order valence-corrected chi connectivity index (χ0v) is 16.9. The maximum atomic E-state index is 15.1. The second-order valence-electron chi connectivity index (χ2n) is 7.55. The summed E-state index contributed by atoms with van der Waals surface area (Å²) < 4.78 is 49.6. The number of nitrogens with two attached hydrogens (primary N) is 1. The van der Waals surface area contributed by atoms with E-state index in [4.69, 9.17) is 10.5 Å². The number of rotatable bonds is 4. The van der Waals surface area contributed by atoms with E-state index in [9.17, 15) is 8.78 Å². The lowest BCUT2D eigenvalue weighted by Gasteiger charge is -2.23. The highest BCUT2D eigenvalue weighted by Gasteiger charge is 2.25. The molecule has 32 heavy (non-hydrogen) atoms. The summed E-state index contributed by atoms with van der Waals surface area (Å²) in [5.74, 6) is -2.98. The summed E-state index contributed by atoms with van der Waals surface area (Å²) in [5, 5.41) is 8.44. The van der Waals surface area contributed by atoms with Gasteiger partial charge >= 0.3 is 0 Å². The Morgan fingerprint density at radius 3 is 2.75 bits per heavy atom. The van der Waals surface area contributed by atoms with Crippen LogP contribution in [0, 0.1) is 17.5 Å². The molecule has 164 valence electrons. The van der Waals surface area contributed by atoms with Gasteiger partial charge in [0.2, 0.25) is 5.82 Å². The molecule has 0 radical (unpaired) electrons. The number of hydrogen-bond acceptors (Lipinski definition) is 6. The summed E-state index contributed by atoms with van der Waals surface area (Å²) in [6.07, 6.45) is 3.25. The second kappa shape index (κ2) is 8.12. The summed E-state index contributed by atoms with van der Waals surface area (Å²) in [6.45, 7) is 1.65. The van der Waals surface area contributed by atoms with Crippen molar-refractivity contribution in [2.75, 3.05) is 18.8 Å². The zero-order valence-electron chi connectivity index (χ0n) is 16.9. The first-order valence-electron chi connectivity index (χ1n) is 10.1. The molecule has 0 amide bonds. The van der Waals surface area contributed by atoms with Crippen molar-refractivity contribution in [3.8, 4) is 22.8 Å². The Morgan fingerprint density at radius 2 is 1.97 bits per heavy atom. The van der Waals surface area contributed by atoms with Gasteiger partial charge in [0.25, 0.3) is 0 Å². The van der Waals surface area contributed by atoms with Crippen LogP contribution >= 0.6 is 0 Å². The van der Waals surface area contributed by atoms with Crippen LogP contribution in [0.2, 0.25) is 0 Å². The predicted octanol–water partition coefficient (Wildman–Crippen LogP) is 4.21. The molecule has 2 aromatic carbocycles. The summed E-state index contributed by atoms with van der Waals surface area (Å²) in [6, 6.07) is 7.59. The van der Waals surface area contributed by atoms with Crippen molar-refractivity contribution in [2.45, 2.75) is 18.9 Å². The molecule has 0 bridgehead atoms. The molecule has 1 aliphatic heterocycles. The standard InChI is InChI=1S/C22H19F3N6O/c23-15-4-1-5-17(19(15)25)32-13-6-7-14(16(24)9-13)20-18-21(26)28-11-29-22(18)31(30-20)12-3-2-8-27-10-12/h1,4-7,9,11-12,27H,2-3,8,10H2,(H2,26,28,29)/t12-/m0/s1. The minimum atomic E-state index is -1.15. The van der Waals surface area contributed by atoms with Crippen LogP contribution < -0.4 is 15.8 Å². The Kier molecular flexibility index (Phi) is 5.14. The lowest BCUT2D eigenvalue weighted by molar-refractivity contribution is 0.354. The van der Waals surface area contributed by atoms with Gasteiger partial charge in [-0.15, -0.1) is 0 Å². The fourth-order valence-corrected chi connectivity index (χ4v) is 3.92. The van der Waals surface area contributed by atoms with E-state index in [1.54, 1.807) is 4.68 Å². The highest BCUT2D eigenvalue weighted by Crippen LogP contribution is 2.36. The van der Waals surface area contributed by atoms with Crippen LogP contribution in [0.3, 0.4) is 0 Å². The van der Waals surface area contributed by atoms with E-state index < -0.39 is 17.5 Å². The number of nitrogens with zero attached hydrogens (tertiary/aromatic N) is 4. The molecule has 1 atom stereocenters. The van der Waals surface area contributed by atoms with E-state index in [1.165, 1.54) is 30.6 Å². The van der Waals surface area contributed by atoms with Crippen molar-refractivity contribution < 1.29 is 17.9 Å². The fourth-order valence-electron chi connectivity index (χ4n) is 3.92. The maximum absolute atomic E-state index is 15.1. The third kappa shape index (κ3) is 3.52. The zero-order chi connectivity index (χ0) is 22.2. The Labute approximate surface area is 181 Å². The first kappa shape index (κ1) is 20.3. The number of anilines is 1. The number of ether oxygens (including phenoxy) is 1. The van der Waals surface area contributed by atoms with Crippen molar-refractivity contribution in [3.05, 3.63) is 60.2 Å². The first-order valence-corrected chi connectivity index (χ1v) is 10.1. The van der Waals surface area contributed by atoms with Crippen LogP contribution in [0.4, 0.5) is 19.0 Å². The van der Waals surface area contributed by atoms with Crippen LogP contribution in [-0.4, -0.2) is 32.8 Å². The fraction of sp³-hybridized carbons (Fsp3) is 0.227. The number of piperidine rings is 1. The van der Waals surface area contributed by atoms with Crippen molar-refractivity contribution in [1.82, 2.24) is 25.1 Å². The second-order valence-corrected chi connectivity index (χ2v) is 7.55. The Bertz CT molecular complexity index is 1300. The number of benzene rings is 2. The number of aromatic nitrogens is 4. The summed E-state index contributed by atoms with van der Waals surface area (Å²) in [5.41, 5.74) is 7.12. The summed E-state index contributed by atoms with van der Waals surface area (Å²) in [4.78, 5) is 8.39. The van der Waals surface area contributed by atoms with Crippen LogP contribution in [0.1, 0.15) is 18.9 Å². The number of nitrogens with one attached hydrogen (secondary N) is 1. The summed E-state index contributed by atoms with van der Waals surface area (Å²) in [7, 11) is 0. The molecule has 0 saturated carbocycles. The first-order chi connectivity index (χ1) is 15.5. The molecule has 2 aromatic heterocycles. The Hall–Kier alpha value is -3.66. The molecule has 3 heterocycles. The van der Waals surface area contributed by atoms with Gasteiger partial charge in [0.1, 0.15) is 29.4 Å². The van der Waals surface area contributed by atoms with Crippen molar-refractivity contribution >= 4 is 16.9 Å². The van der Waals surface area contributed by atoms with Crippen LogP contribution in [0.25, 0.3) is 22.3 Å². The maximum Gasteiger partial charge on any atom is 0.201 e. The molecule has 10 heteroatoms. The molecule has 4 aromatic rings. The lowest BCUT2D eigenvalue weighted by Crippen LogP contribution is -2.32. The van der Waals surface area contributed by atoms with Crippen LogP contribution in [0.15, 0.2) is 42.7 Å². The number of fused-ring (bicyclic) bond motifs is 1. The lowest BCUT2D eigenvalue weighted by atomic mass is 10.1. The van der Waals surface area contributed by atoms with Crippen molar-refractivity contribution in [2.24, 2.45) is 0 Å². The van der Waals surface area contributed by atoms with E-state index in [-0.39, 0.29) is 28.9 Å². The normalized spacial score (nSPS) is 16.4. The van der Waals surface area contributed by atoms with Gasteiger partial charge in [0, 0.05) is 18.2 Å². The molecule has 1 saturated heterocycles. The molecule has 0 spiro atoms. The monoisotopic (exact) mass is 440 g/mol. The third-order valence-electron chi connectivity index (χ3n) is 5.47. The summed E-state index contributed by atoms with van der Waals surface area (Å²) >= 11 is 0. The molecule has 3 N–H and O–H groups in total. The van der Waals surface area contributed by atoms with Gasteiger partial charge in [-0.25, -0.2) is 23.4 Å². The molecule has 0 unspecified atom stereocenters. The number of nitrogen functional groups attached to an aromatic ring is 1. The van der Waals surface area contributed by atoms with E-state index in [0.717, 1.165) is 31.5 Å². The van der Waals surface area contributed by atoms with Gasteiger partial charge in [-0.2, -0.15) is 9.49 Å². The van der Waals surface area contributed by atoms with E-state index >= 15 is 4.39 Å². The van der Waals surface area contributed by atoms with Gasteiger partial charge in [-0.05, 0) is 43.7 Å². The quantitative estimate of drug-likeness (QED) is 0.494. The van der Waals surface area contributed by atoms with E-state index in [1.807, 2.05) is 0 Å². The molecule has 1 aliphatic rings. The minimum Gasteiger partial charge on any atom is -0.454 e. The molecule has 0 aliphatic carbocycles. The third-order valence-corrected chi connectivity index (χ3v) is 5.47. The van der Waals surface area contributed by atoms with Gasteiger partial charge in [0.05, 0.1) is 11.4 Å². The van der Waals surface area contributed by atoms with E-state index in [0.29, 0.717) is 23.3 Å². The predicted molar refractivity (Wildman–Crippen MR) is 113 cm³/mol. The van der Waals surface area contributed by atoms with Gasteiger partial charge in [-0.1, -0.05) is 6.07 Å². The number of hydrogen-bond donors (Lipinski definition) is 2. The van der Waals surface area contributed by atoms with Gasteiger partial charge < -0.3 is 15.8 Å². The minimum absolute atomic E-state index is 0.0141. The SMILES string of the molecule is Nc1ncnc2c1c(-c1ccc(Oc3cccc(F)c3F)cc1F)nn2[C@H]1CCCNC1. The van der Waals surface area contributed by atoms with Gasteiger partial charge in [-0.3, -0.25) is 0 Å². The highest BCUT2D eigenvalue weighted by atomic mass is 19.2. The Morgan fingerprint density at radius 1 is 1.09 bits per heavy atom. The van der Waals surface area contributed by atoms with Crippen LogP contribution in [-0.2, 0) is 0 Å². The number of halogens is 3. The van der Waals surface area contributed by atoms with Crippen LogP contribution in [0.5, 0.6) is 11.5 Å². The molecular weight excluding hydrogens is 421 g/mol. The molecule has 7 nitrogen and oxygen atoms in total. The molecule has 1 fully saturated rings. The molecular formula is C22H19F3N6O. The average molecular weight is 440 g/mol. The van der Waals surface area contributed by atoms with Crippen molar-refractivity contribution in [1.29, 1.82) is 0 Å². The smallest absolute Gasteiger partial charge is 0.201 e. The highest BCUT2D eigenvalue weighted by molar-refractivity contribution is 5.98. The van der Waals surface area contributed by atoms with E-state index in [2.05, 4.69) is 20.4 Å². The molecule has 5 rings (SSSR count). The topological polar surface area (TPSA) is 90.9 Å². The van der Waals surface area contributed by atoms with Crippen molar-refractivity contribution in [3.63, 3.8) is 0 Å².